The summed E-state index contributed by atoms with van der Waals surface area (Å²) in [7, 11) is 0. The molecule has 1 heterocycles. The van der Waals surface area contributed by atoms with Crippen molar-refractivity contribution in [1.29, 1.82) is 0 Å². The Kier molecular flexibility index (Phi) is 6.36. The van der Waals surface area contributed by atoms with Crippen LogP contribution in [0.15, 0.2) is 59.5 Å². The maximum Gasteiger partial charge on any atom is 0.309 e. The smallest absolute Gasteiger partial charge is 0.309 e. The fraction of sp³-hybridized carbons (Fsp3) is 0.200. The van der Waals surface area contributed by atoms with Crippen LogP contribution >= 0.6 is 23.4 Å². The lowest BCUT2D eigenvalue weighted by molar-refractivity contribution is -0.145. The third-order valence-corrected chi connectivity index (χ3v) is 4.81. The number of carbonyl (C=O) groups excluding carboxylic acids is 1. The Hall–Kier alpha value is -2.24. The van der Waals surface area contributed by atoms with E-state index in [0.29, 0.717) is 10.7 Å². The zero-order chi connectivity index (χ0) is 18.4. The molecule has 134 valence electrons. The number of ether oxygens (including phenoxy) is 2. The van der Waals surface area contributed by atoms with Crippen molar-refractivity contribution >= 4 is 40.2 Å². The summed E-state index contributed by atoms with van der Waals surface area (Å²) in [5.74, 6) is 0.390. The summed E-state index contributed by atoms with van der Waals surface area (Å²) < 4.78 is 10.8. The predicted molar refractivity (Wildman–Crippen MR) is 105 cm³/mol. The number of thioether (sulfide) groups is 1. The van der Waals surface area contributed by atoms with Gasteiger partial charge in [-0.1, -0.05) is 35.9 Å². The summed E-state index contributed by atoms with van der Waals surface area (Å²) in [5.41, 5.74) is 1.52. The summed E-state index contributed by atoms with van der Waals surface area (Å²) in [4.78, 5) is 17.4. The van der Waals surface area contributed by atoms with Gasteiger partial charge < -0.3 is 9.47 Å². The molecule has 0 aliphatic rings. The summed E-state index contributed by atoms with van der Waals surface area (Å²) in [6.07, 6.45) is 2.18. The van der Waals surface area contributed by atoms with Crippen LogP contribution in [0, 0.1) is 0 Å². The first-order chi connectivity index (χ1) is 12.7. The second-order valence-corrected chi connectivity index (χ2v) is 6.81. The first kappa shape index (κ1) is 18.5. The van der Waals surface area contributed by atoms with E-state index in [4.69, 9.17) is 21.1 Å². The maximum atomic E-state index is 11.9. The van der Waals surface area contributed by atoms with Gasteiger partial charge in [-0.3, -0.25) is 4.79 Å². The largest absolute Gasteiger partial charge is 0.493 e. The highest BCUT2D eigenvalue weighted by molar-refractivity contribution is 7.98. The second kappa shape index (κ2) is 8.92. The van der Waals surface area contributed by atoms with Gasteiger partial charge in [-0.05, 0) is 36.6 Å². The number of aromatic nitrogens is 1. The molecular weight excluding hydrogens is 370 g/mol. The molecule has 2 aromatic carbocycles. The average Bonchev–Trinajstić information content (AvgIpc) is 2.66. The van der Waals surface area contributed by atoms with Crippen LogP contribution in [0.5, 0.6) is 5.75 Å². The number of nitrogens with zero attached hydrogens (tertiary/aromatic N) is 1. The predicted octanol–water partition coefficient (Wildman–Crippen LogP) is 5.12. The molecule has 0 radical (unpaired) electrons. The van der Waals surface area contributed by atoms with Gasteiger partial charge in [0.15, 0.2) is 0 Å². The van der Waals surface area contributed by atoms with E-state index in [1.165, 1.54) is 0 Å². The molecule has 0 N–H and O–H groups in total. The van der Waals surface area contributed by atoms with Gasteiger partial charge in [0, 0.05) is 15.8 Å². The molecule has 4 nitrogen and oxygen atoms in total. The highest BCUT2D eigenvalue weighted by Gasteiger charge is 2.09. The quantitative estimate of drug-likeness (QED) is 0.320. The van der Waals surface area contributed by atoms with Crippen molar-refractivity contribution in [3.05, 3.63) is 65.3 Å². The Morgan fingerprint density at radius 3 is 2.73 bits per heavy atom. The van der Waals surface area contributed by atoms with Crippen LogP contribution in [-0.4, -0.2) is 23.8 Å². The average molecular weight is 388 g/mol. The standard InChI is InChI=1S/C20H18ClNO3S/c1-26-17-8-7-14-11-15(20(21)22-18(14)12-17)13-25-19(23)9-10-24-16-5-3-2-4-6-16/h2-8,11-12H,9-10,13H2,1H3. The number of esters is 1. The van der Waals surface area contributed by atoms with Crippen LogP contribution in [0.3, 0.4) is 0 Å². The Labute approximate surface area is 161 Å². The zero-order valence-electron chi connectivity index (χ0n) is 14.3. The lowest BCUT2D eigenvalue weighted by Gasteiger charge is -2.09. The molecule has 3 rings (SSSR count). The Balaban J connectivity index is 1.55. The topological polar surface area (TPSA) is 48.4 Å². The minimum Gasteiger partial charge on any atom is -0.493 e. The number of benzene rings is 2. The fourth-order valence-corrected chi connectivity index (χ4v) is 3.03. The second-order valence-electron chi connectivity index (χ2n) is 5.57. The third kappa shape index (κ3) is 4.90. The number of para-hydroxylation sites is 1. The van der Waals surface area contributed by atoms with E-state index in [0.717, 1.165) is 21.5 Å². The highest BCUT2D eigenvalue weighted by atomic mass is 35.5. The van der Waals surface area contributed by atoms with Crippen LogP contribution in [-0.2, 0) is 16.1 Å². The van der Waals surface area contributed by atoms with Crippen LogP contribution in [0.25, 0.3) is 10.9 Å². The molecule has 6 heteroatoms. The number of hydrogen-bond donors (Lipinski definition) is 0. The Bertz CT molecular complexity index is 902. The minimum atomic E-state index is -0.338. The van der Waals surface area contributed by atoms with E-state index in [9.17, 15) is 4.79 Å². The van der Waals surface area contributed by atoms with Crippen LogP contribution in [0.4, 0.5) is 0 Å². The lowest BCUT2D eigenvalue weighted by Crippen LogP contribution is -2.10. The van der Waals surface area contributed by atoms with Crippen molar-refractivity contribution in [2.75, 3.05) is 12.9 Å². The normalized spacial score (nSPS) is 10.7. The van der Waals surface area contributed by atoms with Gasteiger partial charge in [-0.15, -0.1) is 11.8 Å². The molecule has 0 aliphatic heterocycles. The SMILES string of the molecule is CSc1ccc2cc(COC(=O)CCOc3ccccc3)c(Cl)nc2c1. The van der Waals surface area contributed by atoms with Crippen molar-refractivity contribution < 1.29 is 14.3 Å². The van der Waals surface area contributed by atoms with Crippen molar-refractivity contribution in [1.82, 2.24) is 4.98 Å². The van der Waals surface area contributed by atoms with E-state index in [1.807, 2.05) is 60.9 Å². The number of fused-ring (bicyclic) bond motifs is 1. The van der Waals surface area contributed by atoms with E-state index in [1.54, 1.807) is 11.8 Å². The van der Waals surface area contributed by atoms with Gasteiger partial charge in [0.2, 0.25) is 0 Å². The molecule has 3 aromatic rings. The first-order valence-electron chi connectivity index (χ1n) is 8.12. The first-order valence-corrected chi connectivity index (χ1v) is 9.72. The number of pyridine rings is 1. The van der Waals surface area contributed by atoms with Gasteiger partial charge in [0.1, 0.15) is 17.5 Å². The summed E-state index contributed by atoms with van der Waals surface area (Å²) in [6, 6.07) is 17.3. The maximum absolute atomic E-state index is 11.9. The Morgan fingerprint density at radius 2 is 1.96 bits per heavy atom. The fourth-order valence-electron chi connectivity index (χ4n) is 2.39. The molecule has 0 bridgehead atoms. The lowest BCUT2D eigenvalue weighted by atomic mass is 10.2. The molecular formula is C20H18ClNO3S. The van der Waals surface area contributed by atoms with E-state index >= 15 is 0 Å². The van der Waals surface area contributed by atoms with Gasteiger partial charge in [0.05, 0.1) is 18.5 Å². The van der Waals surface area contributed by atoms with Crippen LogP contribution in [0.1, 0.15) is 12.0 Å². The molecule has 26 heavy (non-hydrogen) atoms. The van der Waals surface area contributed by atoms with Crippen molar-refractivity contribution in [3.63, 3.8) is 0 Å². The number of halogens is 1. The van der Waals surface area contributed by atoms with E-state index in [-0.39, 0.29) is 25.6 Å². The molecule has 0 amide bonds. The van der Waals surface area contributed by atoms with Crippen LogP contribution < -0.4 is 4.74 Å². The molecule has 0 atom stereocenters. The summed E-state index contributed by atoms with van der Waals surface area (Å²) in [5, 5.41) is 1.31. The van der Waals surface area contributed by atoms with Crippen molar-refractivity contribution in [3.8, 4) is 5.75 Å². The van der Waals surface area contributed by atoms with Gasteiger partial charge in [-0.2, -0.15) is 0 Å². The van der Waals surface area contributed by atoms with Crippen LogP contribution in [0.2, 0.25) is 5.15 Å². The molecule has 0 spiro atoms. The Morgan fingerprint density at radius 1 is 1.15 bits per heavy atom. The molecule has 0 aliphatic carbocycles. The molecule has 1 aromatic heterocycles. The number of hydrogen-bond acceptors (Lipinski definition) is 5. The molecule has 0 saturated carbocycles. The van der Waals surface area contributed by atoms with E-state index < -0.39 is 0 Å². The molecule has 0 fully saturated rings. The molecule has 0 saturated heterocycles. The van der Waals surface area contributed by atoms with Gasteiger partial charge in [0.25, 0.3) is 0 Å². The zero-order valence-corrected chi connectivity index (χ0v) is 15.8. The van der Waals surface area contributed by atoms with Gasteiger partial charge >= 0.3 is 5.97 Å². The van der Waals surface area contributed by atoms with Gasteiger partial charge in [-0.25, -0.2) is 4.98 Å². The summed E-state index contributed by atoms with van der Waals surface area (Å²) in [6.45, 7) is 0.361. The number of carbonyl (C=O) groups is 1. The molecule has 0 unspecified atom stereocenters. The van der Waals surface area contributed by atoms with Crippen molar-refractivity contribution in [2.45, 2.75) is 17.9 Å². The monoisotopic (exact) mass is 387 g/mol. The summed E-state index contributed by atoms with van der Waals surface area (Å²) >= 11 is 7.88. The minimum absolute atomic E-state index is 0.0935. The van der Waals surface area contributed by atoms with E-state index in [2.05, 4.69) is 4.98 Å². The van der Waals surface area contributed by atoms with Crippen molar-refractivity contribution in [2.24, 2.45) is 0 Å². The third-order valence-electron chi connectivity index (χ3n) is 3.76. The highest BCUT2D eigenvalue weighted by Crippen LogP contribution is 2.25. The number of rotatable bonds is 7.